The molecule has 112 valence electrons. The van der Waals surface area contributed by atoms with Gasteiger partial charge in [-0.05, 0) is 35.7 Å². The van der Waals surface area contributed by atoms with E-state index in [0.717, 1.165) is 11.6 Å². The van der Waals surface area contributed by atoms with Gasteiger partial charge in [-0.15, -0.1) is 23.2 Å². The molecule has 0 heterocycles. The number of rotatable bonds is 5. The third kappa shape index (κ3) is 3.68. The lowest BCUT2D eigenvalue weighted by molar-refractivity contribution is 0.506. The molecule has 0 aliphatic heterocycles. The lowest BCUT2D eigenvalue weighted by Gasteiger charge is -2.30. The van der Waals surface area contributed by atoms with Crippen molar-refractivity contribution in [2.45, 2.75) is 11.8 Å². The molecule has 0 amide bonds. The number of hydrogen-bond acceptors (Lipinski definition) is 0. The van der Waals surface area contributed by atoms with Crippen LogP contribution in [0.1, 0.15) is 11.1 Å². The Morgan fingerprint density at radius 3 is 2.24 bits per heavy atom. The summed E-state index contributed by atoms with van der Waals surface area (Å²) in [5.41, 5.74) is 0.550. The molecular formula is C16H13Cl3F2. The van der Waals surface area contributed by atoms with Crippen molar-refractivity contribution in [1.29, 1.82) is 0 Å². The third-order valence-electron chi connectivity index (χ3n) is 3.49. The first-order chi connectivity index (χ1) is 10.0. The molecule has 2 aromatic carbocycles. The van der Waals surface area contributed by atoms with E-state index in [1.165, 1.54) is 12.1 Å². The first kappa shape index (κ1) is 16.5. The molecule has 0 bridgehead atoms. The van der Waals surface area contributed by atoms with E-state index in [1.807, 2.05) is 6.07 Å². The van der Waals surface area contributed by atoms with E-state index in [4.69, 9.17) is 34.8 Å². The van der Waals surface area contributed by atoms with Gasteiger partial charge in [-0.25, -0.2) is 8.78 Å². The quantitative estimate of drug-likeness (QED) is 0.618. The molecule has 0 N–H and O–H groups in total. The Balaban J connectivity index is 2.43. The van der Waals surface area contributed by atoms with Gasteiger partial charge in [-0.1, -0.05) is 29.8 Å². The molecule has 0 saturated carbocycles. The van der Waals surface area contributed by atoms with Gasteiger partial charge in [-0.2, -0.15) is 0 Å². The van der Waals surface area contributed by atoms with Gasteiger partial charge in [0.05, 0.1) is 0 Å². The van der Waals surface area contributed by atoms with Crippen molar-refractivity contribution in [2.24, 2.45) is 0 Å². The van der Waals surface area contributed by atoms with Gasteiger partial charge < -0.3 is 0 Å². The summed E-state index contributed by atoms with van der Waals surface area (Å²) in [6.07, 6.45) is 0.270. The summed E-state index contributed by atoms with van der Waals surface area (Å²) in [6, 6.07) is 10.7. The highest BCUT2D eigenvalue weighted by atomic mass is 35.5. The van der Waals surface area contributed by atoms with Crippen LogP contribution in [0.25, 0.3) is 0 Å². The van der Waals surface area contributed by atoms with Crippen molar-refractivity contribution in [2.75, 3.05) is 11.8 Å². The zero-order valence-corrected chi connectivity index (χ0v) is 13.3. The Morgan fingerprint density at radius 1 is 0.952 bits per heavy atom. The van der Waals surface area contributed by atoms with E-state index >= 15 is 0 Å². The monoisotopic (exact) mass is 348 g/mol. The molecule has 0 spiro atoms. The van der Waals surface area contributed by atoms with Crippen molar-refractivity contribution < 1.29 is 8.78 Å². The predicted octanol–water partition coefficient (Wildman–Crippen LogP) is 5.58. The van der Waals surface area contributed by atoms with Gasteiger partial charge >= 0.3 is 0 Å². The summed E-state index contributed by atoms with van der Waals surface area (Å²) in [6.45, 7) is 0. The minimum atomic E-state index is -0.660. The minimum Gasteiger partial charge on any atom is -0.207 e. The van der Waals surface area contributed by atoms with Crippen molar-refractivity contribution in [3.8, 4) is 0 Å². The summed E-state index contributed by atoms with van der Waals surface area (Å²) >= 11 is 18.3. The highest BCUT2D eigenvalue weighted by Gasteiger charge is 2.32. The molecule has 0 atom stereocenters. The molecule has 5 heteroatoms. The minimum absolute atomic E-state index is 0.202. The zero-order valence-electron chi connectivity index (χ0n) is 11.1. The Labute approximate surface area is 137 Å². The second-order valence-electron chi connectivity index (χ2n) is 4.97. The molecule has 0 radical (unpaired) electrons. The first-order valence-electron chi connectivity index (χ1n) is 6.33. The fraction of sp³-hybridized carbons (Fsp3) is 0.250. The summed E-state index contributed by atoms with van der Waals surface area (Å²) < 4.78 is 26.9. The number of benzene rings is 2. The maximum atomic E-state index is 13.9. The molecule has 2 aromatic rings. The number of alkyl halides is 2. The third-order valence-corrected chi connectivity index (χ3v) is 4.75. The smallest absolute Gasteiger partial charge is 0.129 e. The van der Waals surface area contributed by atoms with Crippen molar-refractivity contribution >= 4 is 34.8 Å². The molecule has 0 fully saturated rings. The second-order valence-corrected chi connectivity index (χ2v) is 5.94. The molecule has 0 nitrogen and oxygen atoms in total. The summed E-state index contributed by atoms with van der Waals surface area (Å²) in [7, 11) is 0. The zero-order chi connectivity index (χ0) is 15.5. The van der Waals surface area contributed by atoms with Gasteiger partial charge in [0.2, 0.25) is 0 Å². The van der Waals surface area contributed by atoms with Crippen LogP contribution in [-0.2, 0) is 11.8 Å². The van der Waals surface area contributed by atoms with Crippen LogP contribution in [-0.4, -0.2) is 11.8 Å². The maximum absolute atomic E-state index is 13.9. The average molecular weight is 350 g/mol. The summed E-state index contributed by atoms with van der Waals surface area (Å²) in [5.74, 6) is -0.806. The van der Waals surface area contributed by atoms with Gasteiger partial charge in [0.1, 0.15) is 11.6 Å². The highest BCUT2D eigenvalue weighted by molar-refractivity contribution is 6.30. The van der Waals surface area contributed by atoms with Crippen LogP contribution >= 0.6 is 34.8 Å². The fourth-order valence-corrected chi connectivity index (χ4v) is 3.21. The largest absolute Gasteiger partial charge is 0.207 e. The Kier molecular flexibility index (Phi) is 5.48. The van der Waals surface area contributed by atoms with Crippen LogP contribution < -0.4 is 0 Å². The van der Waals surface area contributed by atoms with E-state index in [9.17, 15) is 8.78 Å². The molecular weight excluding hydrogens is 337 g/mol. The average Bonchev–Trinajstić information content (AvgIpc) is 2.47. The molecule has 0 aliphatic carbocycles. The van der Waals surface area contributed by atoms with Crippen LogP contribution in [0.5, 0.6) is 0 Å². The molecule has 0 unspecified atom stereocenters. The molecule has 0 aromatic heterocycles. The highest BCUT2D eigenvalue weighted by Crippen LogP contribution is 2.33. The molecule has 21 heavy (non-hydrogen) atoms. The van der Waals surface area contributed by atoms with Crippen molar-refractivity contribution in [1.82, 2.24) is 0 Å². The van der Waals surface area contributed by atoms with Crippen LogP contribution in [0, 0.1) is 11.6 Å². The van der Waals surface area contributed by atoms with Gasteiger partial charge in [-0.3, -0.25) is 0 Å². The maximum Gasteiger partial charge on any atom is 0.129 e. The lowest BCUT2D eigenvalue weighted by atomic mass is 9.78. The fourth-order valence-electron chi connectivity index (χ4n) is 2.23. The molecule has 0 aliphatic rings. The standard InChI is InChI=1S/C16H13Cl3F2/c17-9-16(10-18,12-2-1-3-13(19)6-12)8-11-4-5-14(20)7-15(11)21/h1-7H,8-10H2. The van der Waals surface area contributed by atoms with Crippen molar-refractivity contribution in [3.05, 3.63) is 70.2 Å². The second kappa shape index (κ2) is 6.95. The van der Waals surface area contributed by atoms with Gasteiger partial charge in [0.25, 0.3) is 0 Å². The van der Waals surface area contributed by atoms with E-state index in [0.29, 0.717) is 10.6 Å². The SMILES string of the molecule is Fc1ccc(CC(CCl)(CCl)c2cccc(Cl)c2)c(F)c1. The normalized spacial score (nSPS) is 11.7. The van der Waals surface area contributed by atoms with E-state index < -0.39 is 17.0 Å². The Bertz CT molecular complexity index is 625. The first-order valence-corrected chi connectivity index (χ1v) is 7.77. The van der Waals surface area contributed by atoms with Gasteiger partial charge in [0.15, 0.2) is 0 Å². The molecule has 2 rings (SSSR count). The van der Waals surface area contributed by atoms with Gasteiger partial charge in [0, 0.05) is 28.3 Å². The van der Waals surface area contributed by atoms with Crippen LogP contribution in [0.2, 0.25) is 5.02 Å². The Hall–Kier alpha value is -0.830. The lowest BCUT2D eigenvalue weighted by Crippen LogP contribution is -2.33. The predicted molar refractivity (Wildman–Crippen MR) is 84.6 cm³/mol. The van der Waals surface area contributed by atoms with Crippen molar-refractivity contribution in [3.63, 3.8) is 0 Å². The Morgan fingerprint density at radius 2 is 1.67 bits per heavy atom. The number of hydrogen-bond donors (Lipinski definition) is 0. The topological polar surface area (TPSA) is 0 Å². The molecule has 0 saturated heterocycles. The van der Waals surface area contributed by atoms with Crippen LogP contribution in [0.15, 0.2) is 42.5 Å². The number of halogens is 5. The van der Waals surface area contributed by atoms with Crippen LogP contribution in [0.4, 0.5) is 8.78 Å². The summed E-state index contributed by atoms with van der Waals surface area (Å²) in [4.78, 5) is 0. The van der Waals surface area contributed by atoms with E-state index in [1.54, 1.807) is 18.2 Å². The van der Waals surface area contributed by atoms with E-state index in [-0.39, 0.29) is 18.2 Å². The van der Waals surface area contributed by atoms with Crippen LogP contribution in [0.3, 0.4) is 0 Å². The summed E-state index contributed by atoms with van der Waals surface area (Å²) in [5, 5.41) is 0.562. The van der Waals surface area contributed by atoms with E-state index in [2.05, 4.69) is 0 Å².